The van der Waals surface area contributed by atoms with Crippen LogP contribution < -0.4 is 5.73 Å². The van der Waals surface area contributed by atoms with Gasteiger partial charge >= 0.3 is 0 Å². The number of aromatic nitrogens is 3. The molecular weight excluding hydrogens is 254 g/mol. The van der Waals surface area contributed by atoms with Gasteiger partial charge in [-0.1, -0.05) is 13.3 Å². The Bertz CT molecular complexity index is 486. The van der Waals surface area contributed by atoms with Gasteiger partial charge in [0, 0.05) is 25.6 Å². The lowest BCUT2D eigenvalue weighted by atomic mass is 9.78. The van der Waals surface area contributed by atoms with E-state index in [4.69, 9.17) is 5.73 Å². The second-order valence-electron chi connectivity index (χ2n) is 6.08. The third kappa shape index (κ3) is 2.44. The van der Waals surface area contributed by atoms with Crippen LogP contribution >= 0.6 is 0 Å². The minimum Gasteiger partial charge on any atom is -0.335 e. The number of carbonyl (C=O) groups is 1. The van der Waals surface area contributed by atoms with E-state index in [1.807, 2.05) is 4.90 Å². The van der Waals surface area contributed by atoms with Crippen LogP contribution in [-0.4, -0.2) is 45.1 Å². The zero-order valence-corrected chi connectivity index (χ0v) is 12.0. The van der Waals surface area contributed by atoms with E-state index < -0.39 is 0 Å². The van der Waals surface area contributed by atoms with Gasteiger partial charge in [-0.05, 0) is 31.1 Å². The van der Waals surface area contributed by atoms with E-state index in [9.17, 15) is 4.79 Å². The van der Waals surface area contributed by atoms with Crippen LogP contribution in [0.25, 0.3) is 0 Å². The molecule has 6 nitrogen and oxygen atoms in total. The largest absolute Gasteiger partial charge is 0.335 e. The maximum atomic E-state index is 12.5. The van der Waals surface area contributed by atoms with E-state index in [0.717, 1.165) is 38.2 Å². The number of fused-ring (bicyclic) bond motifs is 1. The van der Waals surface area contributed by atoms with Crippen LogP contribution in [0.4, 0.5) is 0 Å². The van der Waals surface area contributed by atoms with E-state index in [1.54, 1.807) is 0 Å². The van der Waals surface area contributed by atoms with E-state index in [-0.39, 0.29) is 11.9 Å². The van der Waals surface area contributed by atoms with Crippen molar-refractivity contribution in [2.24, 2.45) is 17.6 Å². The highest BCUT2D eigenvalue weighted by molar-refractivity contribution is 5.90. The average molecular weight is 277 g/mol. The van der Waals surface area contributed by atoms with Crippen molar-refractivity contribution in [2.45, 2.75) is 45.1 Å². The van der Waals surface area contributed by atoms with E-state index in [2.05, 4.69) is 22.1 Å². The van der Waals surface area contributed by atoms with Gasteiger partial charge in [0.05, 0.1) is 0 Å². The van der Waals surface area contributed by atoms with Gasteiger partial charge in [0.1, 0.15) is 5.82 Å². The molecule has 0 bridgehead atoms. The first-order valence-corrected chi connectivity index (χ1v) is 7.65. The average Bonchev–Trinajstić information content (AvgIpc) is 3.05. The van der Waals surface area contributed by atoms with Gasteiger partial charge in [-0.2, -0.15) is 0 Å². The van der Waals surface area contributed by atoms with Gasteiger partial charge in [-0.25, -0.2) is 4.98 Å². The number of carbonyl (C=O) groups excluding carboxylic acids is 1. The van der Waals surface area contributed by atoms with Crippen LogP contribution in [0, 0.1) is 11.8 Å². The molecule has 0 aromatic carbocycles. The van der Waals surface area contributed by atoms with Gasteiger partial charge < -0.3 is 10.6 Å². The first-order valence-electron chi connectivity index (χ1n) is 7.65. The lowest BCUT2D eigenvalue weighted by Crippen LogP contribution is -2.38. The summed E-state index contributed by atoms with van der Waals surface area (Å²) < 4.78 is 0. The molecule has 1 aromatic heterocycles. The van der Waals surface area contributed by atoms with E-state index in [0.29, 0.717) is 17.7 Å². The summed E-state index contributed by atoms with van der Waals surface area (Å²) in [6.45, 7) is 3.66. The molecular formula is C14H23N5O. The number of likely N-dealkylation sites (tertiary alicyclic amines) is 1. The Morgan fingerprint density at radius 2 is 2.30 bits per heavy atom. The van der Waals surface area contributed by atoms with Crippen molar-refractivity contribution in [3.8, 4) is 0 Å². The van der Waals surface area contributed by atoms with Crippen LogP contribution in [0.1, 0.15) is 49.1 Å². The molecule has 1 saturated carbocycles. The Morgan fingerprint density at radius 3 is 3.05 bits per heavy atom. The summed E-state index contributed by atoms with van der Waals surface area (Å²) >= 11 is 0. The van der Waals surface area contributed by atoms with Crippen LogP contribution in [0.3, 0.4) is 0 Å². The van der Waals surface area contributed by atoms with Crippen LogP contribution in [0.2, 0.25) is 0 Å². The number of hydrogen-bond donors (Lipinski definition) is 2. The number of aryl methyl sites for hydroxylation is 1. The minimum atomic E-state index is -0.0507. The third-order valence-electron chi connectivity index (χ3n) is 4.65. The number of aromatic amines is 1. The standard InChI is InChI=1S/C14H23N5O/c1-2-4-12-16-13(18-17-12)14(20)19-7-9-5-3-6-11(15)10(9)8-19/h9-11H,2-8,15H2,1H3,(H,16,17,18). The Hall–Kier alpha value is -1.43. The van der Waals surface area contributed by atoms with Crippen molar-refractivity contribution in [1.82, 2.24) is 20.1 Å². The SMILES string of the molecule is CCCc1nc(C(=O)N2CC3CCCC(N)C3C2)n[nH]1. The smallest absolute Gasteiger partial charge is 0.293 e. The zero-order chi connectivity index (χ0) is 14.1. The quantitative estimate of drug-likeness (QED) is 0.861. The first kappa shape index (κ1) is 13.5. The normalized spacial score (nSPS) is 29.5. The maximum absolute atomic E-state index is 12.5. The Labute approximate surface area is 119 Å². The van der Waals surface area contributed by atoms with Crippen LogP contribution in [0.5, 0.6) is 0 Å². The molecule has 1 amide bonds. The lowest BCUT2D eigenvalue weighted by Gasteiger charge is -2.29. The van der Waals surface area contributed by atoms with Crippen LogP contribution in [-0.2, 0) is 6.42 Å². The topological polar surface area (TPSA) is 87.9 Å². The molecule has 20 heavy (non-hydrogen) atoms. The number of H-pyrrole nitrogens is 1. The summed E-state index contributed by atoms with van der Waals surface area (Å²) in [6.07, 6.45) is 5.29. The number of amides is 1. The van der Waals surface area contributed by atoms with Gasteiger partial charge in [-0.15, -0.1) is 5.10 Å². The van der Waals surface area contributed by atoms with Crippen LogP contribution in [0.15, 0.2) is 0 Å². The first-order chi connectivity index (χ1) is 9.69. The van der Waals surface area contributed by atoms with Crippen molar-refractivity contribution in [3.63, 3.8) is 0 Å². The molecule has 110 valence electrons. The van der Waals surface area contributed by atoms with Gasteiger partial charge in [0.15, 0.2) is 0 Å². The van der Waals surface area contributed by atoms with Crippen molar-refractivity contribution >= 4 is 5.91 Å². The van der Waals surface area contributed by atoms with E-state index >= 15 is 0 Å². The highest BCUT2D eigenvalue weighted by Crippen LogP contribution is 2.35. The Kier molecular flexibility index (Phi) is 3.74. The molecule has 2 aliphatic rings. The fourth-order valence-electron chi connectivity index (χ4n) is 3.56. The van der Waals surface area contributed by atoms with E-state index in [1.165, 1.54) is 12.8 Å². The summed E-state index contributed by atoms with van der Waals surface area (Å²) in [6, 6.07) is 0.245. The van der Waals surface area contributed by atoms with Crippen molar-refractivity contribution in [3.05, 3.63) is 11.6 Å². The highest BCUT2D eigenvalue weighted by Gasteiger charge is 2.41. The lowest BCUT2D eigenvalue weighted by molar-refractivity contribution is 0.0771. The fraction of sp³-hybridized carbons (Fsp3) is 0.786. The van der Waals surface area contributed by atoms with Crippen molar-refractivity contribution < 1.29 is 4.79 Å². The molecule has 6 heteroatoms. The molecule has 1 saturated heterocycles. The molecule has 3 N–H and O–H groups in total. The number of nitrogens with two attached hydrogens (primary N) is 1. The second kappa shape index (κ2) is 5.52. The molecule has 3 atom stereocenters. The van der Waals surface area contributed by atoms with Crippen molar-refractivity contribution in [2.75, 3.05) is 13.1 Å². The minimum absolute atomic E-state index is 0.0507. The van der Waals surface area contributed by atoms with Gasteiger partial charge in [0.25, 0.3) is 5.91 Å². The summed E-state index contributed by atoms with van der Waals surface area (Å²) in [5.41, 5.74) is 6.19. The summed E-state index contributed by atoms with van der Waals surface area (Å²) in [5, 5.41) is 6.91. The third-order valence-corrected chi connectivity index (χ3v) is 4.65. The predicted octanol–water partition coefficient (Wildman–Crippen LogP) is 0.957. The Morgan fingerprint density at radius 1 is 1.45 bits per heavy atom. The zero-order valence-electron chi connectivity index (χ0n) is 12.0. The number of nitrogens with one attached hydrogen (secondary N) is 1. The number of hydrogen-bond acceptors (Lipinski definition) is 4. The molecule has 3 unspecified atom stereocenters. The molecule has 1 aromatic rings. The summed E-state index contributed by atoms with van der Waals surface area (Å²) in [7, 11) is 0. The molecule has 0 spiro atoms. The fourth-order valence-corrected chi connectivity index (χ4v) is 3.56. The monoisotopic (exact) mass is 277 g/mol. The molecule has 3 rings (SSSR count). The number of rotatable bonds is 3. The van der Waals surface area contributed by atoms with Gasteiger partial charge in [0.2, 0.25) is 5.82 Å². The Balaban J connectivity index is 1.68. The van der Waals surface area contributed by atoms with Crippen molar-refractivity contribution in [1.29, 1.82) is 0 Å². The molecule has 1 aliphatic carbocycles. The summed E-state index contributed by atoms with van der Waals surface area (Å²) in [5.74, 6) is 2.08. The maximum Gasteiger partial charge on any atom is 0.293 e. The summed E-state index contributed by atoms with van der Waals surface area (Å²) in [4.78, 5) is 18.6. The molecule has 2 fully saturated rings. The molecule has 0 radical (unpaired) electrons. The molecule has 1 aliphatic heterocycles. The predicted molar refractivity (Wildman–Crippen MR) is 75.1 cm³/mol. The molecule has 2 heterocycles. The second-order valence-corrected chi connectivity index (χ2v) is 6.08. The highest BCUT2D eigenvalue weighted by atomic mass is 16.2. The van der Waals surface area contributed by atoms with Gasteiger partial charge in [-0.3, -0.25) is 9.89 Å². The number of nitrogens with zero attached hydrogens (tertiary/aromatic N) is 3.